The molecule has 10 nitrogen and oxygen atoms in total. The molecule has 0 saturated carbocycles. The molecule has 2 aliphatic heterocycles. The maximum atomic E-state index is 14.0. The van der Waals surface area contributed by atoms with E-state index in [2.05, 4.69) is 4.90 Å². The lowest BCUT2D eigenvalue weighted by Crippen LogP contribution is -2.46. The molecule has 5 rings (SSSR count). The number of amides is 2. The number of thiophene rings is 1. The monoisotopic (exact) mass is 592 g/mol. The van der Waals surface area contributed by atoms with Crippen LogP contribution in [0.2, 0.25) is 0 Å². The van der Waals surface area contributed by atoms with Crippen molar-refractivity contribution in [2.75, 3.05) is 67.3 Å². The normalized spacial score (nSPS) is 17.1. The number of hydrogen-bond acceptors (Lipinski definition) is 9. The lowest BCUT2D eigenvalue weighted by Gasteiger charge is -2.31. The molecule has 1 saturated heterocycles. The minimum Gasteiger partial charge on any atom is -0.497 e. The third-order valence-corrected chi connectivity index (χ3v) is 8.37. The molecule has 1 atom stereocenters. The fraction of sp³-hybridized carbons (Fsp3) is 0.387. The van der Waals surface area contributed by atoms with Crippen LogP contribution in [0.5, 0.6) is 17.2 Å². The summed E-state index contributed by atoms with van der Waals surface area (Å²) in [5, 5.41) is 8.21. The van der Waals surface area contributed by atoms with Crippen molar-refractivity contribution in [1.82, 2.24) is 14.8 Å². The highest BCUT2D eigenvalue weighted by molar-refractivity contribution is 7.12. The van der Waals surface area contributed by atoms with Gasteiger partial charge in [0.15, 0.2) is 11.5 Å². The topological polar surface area (TPSA) is 93.1 Å². The minimum atomic E-state index is -0.382. The summed E-state index contributed by atoms with van der Waals surface area (Å²) in [7, 11) is 4.79. The highest BCUT2D eigenvalue weighted by atomic mass is 32.1. The molecule has 1 unspecified atom stereocenters. The van der Waals surface area contributed by atoms with Crippen molar-refractivity contribution in [3.63, 3.8) is 0 Å². The van der Waals surface area contributed by atoms with Crippen molar-refractivity contribution < 1.29 is 28.5 Å². The number of carbonyl (C=O) groups excluding carboxylic acids is 2. The number of ether oxygens (including phenoxy) is 4. The first-order valence-electron chi connectivity index (χ1n) is 13.9. The highest BCUT2D eigenvalue weighted by Crippen LogP contribution is 2.37. The van der Waals surface area contributed by atoms with Gasteiger partial charge in [0, 0.05) is 32.6 Å². The van der Waals surface area contributed by atoms with Crippen LogP contribution < -0.4 is 14.2 Å². The first kappa shape index (κ1) is 29.6. The molecule has 2 aliphatic rings. The zero-order valence-electron chi connectivity index (χ0n) is 24.2. The summed E-state index contributed by atoms with van der Waals surface area (Å²) < 4.78 is 21.8. The van der Waals surface area contributed by atoms with Gasteiger partial charge in [0.2, 0.25) is 0 Å². The van der Waals surface area contributed by atoms with Crippen molar-refractivity contribution in [3.8, 4) is 17.2 Å². The zero-order chi connectivity index (χ0) is 29.5. The van der Waals surface area contributed by atoms with Crippen LogP contribution in [0, 0.1) is 0 Å². The Kier molecular flexibility index (Phi) is 9.73. The summed E-state index contributed by atoms with van der Waals surface area (Å²) in [5.41, 5.74) is 2.53. The van der Waals surface area contributed by atoms with E-state index >= 15 is 0 Å². The van der Waals surface area contributed by atoms with Crippen molar-refractivity contribution in [2.45, 2.75) is 12.5 Å². The highest BCUT2D eigenvalue weighted by Gasteiger charge is 2.35. The molecule has 0 radical (unpaired) electrons. The second kappa shape index (κ2) is 13.8. The summed E-state index contributed by atoms with van der Waals surface area (Å²) in [6.07, 6.45) is 0.500. The van der Waals surface area contributed by atoms with E-state index in [0.717, 1.165) is 35.7 Å². The van der Waals surface area contributed by atoms with Crippen molar-refractivity contribution in [2.24, 2.45) is 5.10 Å². The van der Waals surface area contributed by atoms with Gasteiger partial charge in [-0.05, 0) is 59.0 Å². The molecule has 222 valence electrons. The summed E-state index contributed by atoms with van der Waals surface area (Å²) in [4.78, 5) is 32.1. The largest absolute Gasteiger partial charge is 0.497 e. The number of rotatable bonds is 11. The Morgan fingerprint density at radius 1 is 1.00 bits per heavy atom. The van der Waals surface area contributed by atoms with Crippen LogP contribution in [0.1, 0.15) is 33.3 Å². The number of nitrogens with zero attached hydrogens (tertiary/aromatic N) is 4. The quantitative estimate of drug-likeness (QED) is 0.333. The molecular weight excluding hydrogens is 556 g/mol. The molecule has 3 heterocycles. The number of carbonyl (C=O) groups is 2. The van der Waals surface area contributed by atoms with Crippen LogP contribution in [-0.2, 0) is 9.53 Å². The second-order valence-electron chi connectivity index (χ2n) is 10.0. The van der Waals surface area contributed by atoms with Crippen LogP contribution in [0.3, 0.4) is 0 Å². The predicted octanol–water partition coefficient (Wildman–Crippen LogP) is 3.93. The molecule has 1 fully saturated rings. The van der Waals surface area contributed by atoms with Gasteiger partial charge >= 0.3 is 0 Å². The fourth-order valence-corrected chi connectivity index (χ4v) is 5.84. The third-order valence-electron chi connectivity index (χ3n) is 7.52. The lowest BCUT2D eigenvalue weighted by molar-refractivity contribution is -0.133. The molecular formula is C31H36N4O6S. The van der Waals surface area contributed by atoms with E-state index in [9.17, 15) is 9.59 Å². The van der Waals surface area contributed by atoms with Crippen LogP contribution in [0.4, 0.5) is 0 Å². The first-order chi connectivity index (χ1) is 20.5. The van der Waals surface area contributed by atoms with Gasteiger partial charge in [-0.3, -0.25) is 14.5 Å². The number of hydrazone groups is 1. The molecule has 42 heavy (non-hydrogen) atoms. The Bertz CT molecular complexity index is 1390. The lowest BCUT2D eigenvalue weighted by atomic mass is 9.98. The Balaban J connectivity index is 1.43. The average Bonchev–Trinajstić information content (AvgIpc) is 3.74. The van der Waals surface area contributed by atoms with E-state index in [4.69, 9.17) is 24.0 Å². The fourth-order valence-electron chi connectivity index (χ4n) is 5.15. The van der Waals surface area contributed by atoms with E-state index in [-0.39, 0.29) is 24.4 Å². The number of methoxy groups -OCH3 is 3. The van der Waals surface area contributed by atoms with Gasteiger partial charge in [0.05, 0.1) is 51.2 Å². The molecule has 3 aromatic rings. The second-order valence-corrected chi connectivity index (χ2v) is 11.0. The smallest absolute Gasteiger partial charge is 0.264 e. The Morgan fingerprint density at radius 3 is 2.43 bits per heavy atom. The maximum absolute atomic E-state index is 14.0. The van der Waals surface area contributed by atoms with E-state index < -0.39 is 0 Å². The summed E-state index contributed by atoms with van der Waals surface area (Å²) in [6.45, 7) is 3.93. The predicted molar refractivity (Wildman–Crippen MR) is 161 cm³/mol. The van der Waals surface area contributed by atoms with Crippen molar-refractivity contribution >= 4 is 28.9 Å². The van der Waals surface area contributed by atoms with Crippen LogP contribution >= 0.6 is 11.3 Å². The Morgan fingerprint density at radius 2 is 1.76 bits per heavy atom. The van der Waals surface area contributed by atoms with E-state index in [0.29, 0.717) is 49.1 Å². The van der Waals surface area contributed by atoms with Gasteiger partial charge in [-0.2, -0.15) is 5.10 Å². The molecule has 0 spiro atoms. The van der Waals surface area contributed by atoms with Crippen molar-refractivity contribution in [3.05, 3.63) is 76.0 Å². The summed E-state index contributed by atoms with van der Waals surface area (Å²) in [5.74, 6) is 1.49. The van der Waals surface area contributed by atoms with Gasteiger partial charge in [0.1, 0.15) is 12.3 Å². The first-order valence-corrected chi connectivity index (χ1v) is 14.8. The number of morpholine rings is 1. The maximum Gasteiger partial charge on any atom is 0.264 e. The van der Waals surface area contributed by atoms with Gasteiger partial charge in [-0.25, -0.2) is 5.01 Å². The molecule has 1 aromatic heterocycles. The van der Waals surface area contributed by atoms with Gasteiger partial charge < -0.3 is 23.8 Å². The number of hydrogen-bond donors (Lipinski definition) is 0. The summed E-state index contributed by atoms with van der Waals surface area (Å²) >= 11 is 1.37. The number of benzene rings is 2. The van der Waals surface area contributed by atoms with Crippen LogP contribution in [0.15, 0.2) is 65.1 Å². The van der Waals surface area contributed by atoms with Gasteiger partial charge in [-0.1, -0.05) is 12.1 Å². The van der Waals surface area contributed by atoms with Crippen LogP contribution in [0.25, 0.3) is 0 Å². The average molecular weight is 593 g/mol. The molecule has 2 aromatic carbocycles. The molecule has 11 heteroatoms. The van der Waals surface area contributed by atoms with E-state index in [1.54, 1.807) is 32.3 Å². The zero-order valence-corrected chi connectivity index (χ0v) is 25.0. The van der Waals surface area contributed by atoms with Crippen molar-refractivity contribution in [1.29, 1.82) is 0 Å². The Hall–Kier alpha value is -3.93. The standard InChI is InChI=1S/C31H36N4O6S/c1-38-24-9-6-22(7-10-24)25-20-26(23-8-11-27(39-2)28(19-23)40-3)35(32-25)30(36)21-34(31(37)29-5-4-18-42-29)13-12-33-14-16-41-17-15-33/h4-11,18-19,26H,12-17,20-21H2,1-3H3. The molecule has 0 aliphatic carbocycles. The molecule has 0 bridgehead atoms. The van der Waals surface area contributed by atoms with E-state index in [1.807, 2.05) is 53.9 Å². The third kappa shape index (κ3) is 6.75. The molecule has 0 N–H and O–H groups in total. The van der Waals surface area contributed by atoms with Crippen LogP contribution in [-0.4, -0.2) is 99.6 Å². The van der Waals surface area contributed by atoms with Gasteiger partial charge in [-0.15, -0.1) is 11.3 Å². The van der Waals surface area contributed by atoms with Gasteiger partial charge in [0.25, 0.3) is 11.8 Å². The van der Waals surface area contributed by atoms with E-state index in [1.165, 1.54) is 16.3 Å². The Labute approximate surface area is 250 Å². The molecule has 2 amide bonds. The minimum absolute atomic E-state index is 0.0930. The SMILES string of the molecule is COc1ccc(C2=NN(C(=O)CN(CCN3CCOCC3)C(=O)c3cccs3)C(c3ccc(OC)c(OC)c3)C2)cc1. The summed E-state index contributed by atoms with van der Waals surface area (Å²) in [6, 6.07) is 16.5.